The number of rotatable bonds is 7. The second-order valence-corrected chi connectivity index (χ2v) is 4.85. The number of nitrogens with one attached hydrogen (secondary N) is 1. The van der Waals surface area contributed by atoms with Crippen LogP contribution in [0.2, 0.25) is 0 Å². The number of likely N-dealkylation sites (N-methyl/N-ethyl adjacent to an activating group) is 2. The van der Waals surface area contributed by atoms with Crippen molar-refractivity contribution in [1.82, 2.24) is 19.8 Å². The number of aryl methyl sites for hydroxylation is 1. The molecular weight excluding hydrogens is 230 g/mol. The predicted molar refractivity (Wildman–Crippen MR) is 70.8 cm³/mol. The van der Waals surface area contributed by atoms with Gasteiger partial charge in [0.15, 0.2) is 0 Å². The number of nitrogens with zero attached hydrogens (tertiary/aromatic N) is 3. The van der Waals surface area contributed by atoms with Crippen LogP contribution in [-0.2, 0) is 18.4 Å². The normalized spacial score (nSPS) is 14.7. The van der Waals surface area contributed by atoms with Crippen LogP contribution in [0.3, 0.4) is 0 Å². The molecule has 0 aliphatic heterocycles. The zero-order chi connectivity index (χ0) is 13.8. The third kappa shape index (κ3) is 3.54. The molecule has 102 valence electrons. The van der Waals surface area contributed by atoms with Crippen LogP contribution in [-0.4, -0.2) is 46.0 Å². The molecule has 0 saturated carbocycles. The summed E-state index contributed by atoms with van der Waals surface area (Å²) >= 11 is 0. The van der Waals surface area contributed by atoms with Crippen molar-refractivity contribution in [3.8, 4) is 0 Å². The Hall–Kier alpha value is -1.40. The van der Waals surface area contributed by atoms with E-state index in [1.807, 2.05) is 43.6 Å². The quantitative estimate of drug-likeness (QED) is 0.700. The van der Waals surface area contributed by atoms with E-state index in [9.17, 15) is 4.79 Å². The highest BCUT2D eigenvalue weighted by atomic mass is 16.1. The Balaban J connectivity index is 2.65. The summed E-state index contributed by atoms with van der Waals surface area (Å²) in [7, 11) is 3.90. The number of hydrogen-bond donors (Lipinski definition) is 2. The van der Waals surface area contributed by atoms with E-state index in [0.717, 1.165) is 5.82 Å². The molecule has 0 radical (unpaired) electrons. The average Bonchev–Trinajstić information content (AvgIpc) is 2.64. The van der Waals surface area contributed by atoms with Gasteiger partial charge in [0, 0.05) is 26.0 Å². The number of carbonyl (C=O) groups excluding carboxylic acids is 1. The van der Waals surface area contributed by atoms with Crippen molar-refractivity contribution in [1.29, 1.82) is 0 Å². The largest absolute Gasteiger partial charge is 0.368 e. The van der Waals surface area contributed by atoms with Gasteiger partial charge in [0.05, 0.1) is 6.54 Å². The third-order valence-electron chi connectivity index (χ3n) is 3.03. The minimum atomic E-state index is -0.714. The molecule has 1 aromatic heterocycles. The first-order chi connectivity index (χ1) is 8.39. The zero-order valence-electron chi connectivity index (χ0n) is 11.6. The molecule has 1 heterocycles. The fraction of sp³-hybridized carbons (Fsp3) is 0.667. The lowest BCUT2D eigenvalue weighted by molar-refractivity contribution is -0.124. The topological polar surface area (TPSA) is 76.2 Å². The molecule has 0 bridgehead atoms. The summed E-state index contributed by atoms with van der Waals surface area (Å²) in [5, 5.41) is 3.14. The summed E-state index contributed by atoms with van der Waals surface area (Å²) in [5.41, 5.74) is 4.75. The van der Waals surface area contributed by atoms with E-state index in [1.165, 1.54) is 0 Å². The van der Waals surface area contributed by atoms with E-state index in [-0.39, 0.29) is 5.91 Å². The maximum absolute atomic E-state index is 11.5. The van der Waals surface area contributed by atoms with Gasteiger partial charge in [-0.2, -0.15) is 0 Å². The lowest BCUT2D eigenvalue weighted by Gasteiger charge is -2.31. The van der Waals surface area contributed by atoms with Crippen LogP contribution in [0.15, 0.2) is 12.4 Å². The molecule has 1 unspecified atom stereocenters. The first kappa shape index (κ1) is 14.7. The second kappa shape index (κ2) is 5.97. The van der Waals surface area contributed by atoms with Crippen molar-refractivity contribution in [3.05, 3.63) is 18.2 Å². The number of nitrogens with two attached hydrogens (primary N) is 1. The first-order valence-corrected chi connectivity index (χ1v) is 6.08. The summed E-state index contributed by atoms with van der Waals surface area (Å²) in [5.74, 6) is 0.622. The molecule has 3 N–H and O–H groups in total. The van der Waals surface area contributed by atoms with Crippen LogP contribution in [0.25, 0.3) is 0 Å². The molecular formula is C12H23N5O. The van der Waals surface area contributed by atoms with Crippen LogP contribution in [0, 0.1) is 0 Å². The summed E-state index contributed by atoms with van der Waals surface area (Å²) in [6.45, 7) is 5.71. The van der Waals surface area contributed by atoms with E-state index in [4.69, 9.17) is 5.73 Å². The summed E-state index contributed by atoms with van der Waals surface area (Å²) in [6, 6.07) is 0. The standard InChI is InChI=1S/C12H23N5O/c1-5-15-12(2,11(13)18)9-16(3)8-10-14-6-7-17(10)4/h6-7,15H,5,8-9H2,1-4H3,(H2,13,18). The van der Waals surface area contributed by atoms with Gasteiger partial charge in [-0.1, -0.05) is 6.92 Å². The van der Waals surface area contributed by atoms with Gasteiger partial charge in [-0.3, -0.25) is 9.69 Å². The molecule has 6 heteroatoms. The number of carbonyl (C=O) groups is 1. The zero-order valence-corrected chi connectivity index (χ0v) is 11.6. The second-order valence-electron chi connectivity index (χ2n) is 4.85. The van der Waals surface area contributed by atoms with E-state index >= 15 is 0 Å². The maximum atomic E-state index is 11.5. The van der Waals surface area contributed by atoms with E-state index in [0.29, 0.717) is 19.6 Å². The monoisotopic (exact) mass is 253 g/mol. The van der Waals surface area contributed by atoms with Crippen molar-refractivity contribution < 1.29 is 4.79 Å². The number of primary amides is 1. The van der Waals surface area contributed by atoms with Crippen molar-refractivity contribution in [3.63, 3.8) is 0 Å². The molecule has 0 aromatic carbocycles. The molecule has 0 fully saturated rings. The number of aromatic nitrogens is 2. The molecule has 1 atom stereocenters. The van der Waals surface area contributed by atoms with Crippen LogP contribution in [0.4, 0.5) is 0 Å². The molecule has 6 nitrogen and oxygen atoms in total. The van der Waals surface area contributed by atoms with Gasteiger partial charge in [-0.05, 0) is 20.5 Å². The Kier molecular flexibility index (Phi) is 4.86. The fourth-order valence-electron chi connectivity index (χ4n) is 2.00. The Labute approximate surface area is 108 Å². The van der Waals surface area contributed by atoms with Gasteiger partial charge in [-0.25, -0.2) is 4.98 Å². The summed E-state index contributed by atoms with van der Waals surface area (Å²) in [4.78, 5) is 17.8. The number of imidazole rings is 1. The third-order valence-corrected chi connectivity index (χ3v) is 3.03. The Morgan fingerprint density at radius 2 is 2.33 bits per heavy atom. The minimum Gasteiger partial charge on any atom is -0.368 e. The van der Waals surface area contributed by atoms with Crippen LogP contribution < -0.4 is 11.1 Å². The van der Waals surface area contributed by atoms with Gasteiger partial charge in [0.1, 0.15) is 11.4 Å². The highest BCUT2D eigenvalue weighted by Crippen LogP contribution is 2.08. The van der Waals surface area contributed by atoms with Gasteiger partial charge >= 0.3 is 0 Å². The lowest BCUT2D eigenvalue weighted by atomic mass is 10.0. The van der Waals surface area contributed by atoms with Crippen LogP contribution in [0.5, 0.6) is 0 Å². The molecule has 0 aliphatic carbocycles. The van der Waals surface area contributed by atoms with Gasteiger partial charge in [0.2, 0.25) is 5.91 Å². The number of hydrogen-bond acceptors (Lipinski definition) is 4. The molecule has 1 amide bonds. The Morgan fingerprint density at radius 3 is 2.78 bits per heavy atom. The highest BCUT2D eigenvalue weighted by Gasteiger charge is 2.31. The SMILES string of the molecule is CCNC(C)(CN(C)Cc1nccn1C)C(N)=O. The van der Waals surface area contributed by atoms with Crippen molar-refractivity contribution in [2.45, 2.75) is 25.9 Å². The summed E-state index contributed by atoms with van der Waals surface area (Å²) in [6.07, 6.45) is 3.67. The maximum Gasteiger partial charge on any atom is 0.238 e. The van der Waals surface area contributed by atoms with Gasteiger partial charge in [-0.15, -0.1) is 0 Å². The van der Waals surface area contributed by atoms with Crippen molar-refractivity contribution >= 4 is 5.91 Å². The summed E-state index contributed by atoms with van der Waals surface area (Å²) < 4.78 is 1.96. The molecule has 1 rings (SSSR count). The Bertz CT molecular complexity index is 403. The van der Waals surface area contributed by atoms with Crippen LogP contribution >= 0.6 is 0 Å². The average molecular weight is 253 g/mol. The lowest BCUT2D eigenvalue weighted by Crippen LogP contribution is -2.58. The molecule has 0 saturated heterocycles. The smallest absolute Gasteiger partial charge is 0.238 e. The van der Waals surface area contributed by atoms with Crippen molar-refractivity contribution in [2.24, 2.45) is 12.8 Å². The van der Waals surface area contributed by atoms with E-state index < -0.39 is 5.54 Å². The van der Waals surface area contributed by atoms with Gasteiger partial charge < -0.3 is 15.6 Å². The number of amides is 1. The molecule has 1 aromatic rings. The van der Waals surface area contributed by atoms with Crippen molar-refractivity contribution in [2.75, 3.05) is 20.1 Å². The first-order valence-electron chi connectivity index (χ1n) is 6.08. The van der Waals surface area contributed by atoms with Crippen LogP contribution in [0.1, 0.15) is 19.7 Å². The minimum absolute atomic E-state index is 0.337. The molecule has 18 heavy (non-hydrogen) atoms. The van der Waals surface area contributed by atoms with E-state index in [1.54, 1.807) is 6.20 Å². The highest BCUT2D eigenvalue weighted by molar-refractivity contribution is 5.84. The van der Waals surface area contributed by atoms with E-state index in [2.05, 4.69) is 10.3 Å². The predicted octanol–water partition coefficient (Wildman–Crippen LogP) is -0.295. The Morgan fingerprint density at radius 1 is 1.67 bits per heavy atom. The van der Waals surface area contributed by atoms with Gasteiger partial charge in [0.25, 0.3) is 0 Å². The fourth-order valence-corrected chi connectivity index (χ4v) is 2.00. The molecule has 0 spiro atoms. The molecule has 0 aliphatic rings.